The van der Waals surface area contributed by atoms with E-state index in [1.165, 1.54) is 24.1 Å². The second kappa shape index (κ2) is 6.18. The molecule has 0 aromatic heterocycles. The minimum Gasteiger partial charge on any atom is -0.315 e. The first-order valence-electron chi connectivity index (χ1n) is 6.88. The van der Waals surface area contributed by atoms with Crippen LogP contribution in [0.2, 0.25) is 0 Å². The first-order chi connectivity index (χ1) is 8.35. The molecule has 17 heavy (non-hydrogen) atoms. The summed E-state index contributed by atoms with van der Waals surface area (Å²) in [5, 5.41) is 3.55. The zero-order chi connectivity index (χ0) is 12.1. The number of benzene rings is 1. The van der Waals surface area contributed by atoms with Crippen LogP contribution < -0.4 is 5.32 Å². The summed E-state index contributed by atoms with van der Waals surface area (Å²) in [6.07, 6.45) is 2.39. The molecule has 1 N–H and O–H groups in total. The number of nitrogens with zero attached hydrogens (tertiary/aromatic N) is 1. The van der Waals surface area contributed by atoms with Gasteiger partial charge >= 0.3 is 0 Å². The molecule has 0 saturated carbocycles. The normalized spacial score (nSPS) is 22.4. The molecule has 0 radical (unpaired) electrons. The Balaban J connectivity index is 2.16. The van der Waals surface area contributed by atoms with Crippen LogP contribution >= 0.6 is 0 Å². The van der Waals surface area contributed by atoms with Crippen molar-refractivity contribution in [3.63, 3.8) is 0 Å². The fourth-order valence-electron chi connectivity index (χ4n) is 2.61. The van der Waals surface area contributed by atoms with Crippen LogP contribution in [0.1, 0.15) is 37.4 Å². The highest BCUT2D eigenvalue weighted by atomic mass is 15.2. The Hall–Kier alpha value is -0.860. The minimum atomic E-state index is 0.549. The number of rotatable bonds is 3. The molecule has 1 aliphatic rings. The molecule has 1 fully saturated rings. The molecule has 94 valence electrons. The molecular formula is C15H24N2. The van der Waals surface area contributed by atoms with Gasteiger partial charge in [0.25, 0.3) is 0 Å². The predicted molar refractivity (Wildman–Crippen MR) is 73.3 cm³/mol. The Morgan fingerprint density at radius 1 is 1.24 bits per heavy atom. The van der Waals surface area contributed by atoms with Gasteiger partial charge in [-0.05, 0) is 43.6 Å². The second-order valence-electron chi connectivity index (χ2n) is 4.80. The quantitative estimate of drug-likeness (QED) is 0.862. The Kier molecular flexibility index (Phi) is 4.57. The lowest BCUT2D eigenvalue weighted by Gasteiger charge is -2.28. The lowest BCUT2D eigenvalue weighted by atomic mass is 10.0. The van der Waals surface area contributed by atoms with E-state index in [1.54, 1.807) is 0 Å². The van der Waals surface area contributed by atoms with Gasteiger partial charge in [0.2, 0.25) is 0 Å². The molecular weight excluding hydrogens is 208 g/mol. The summed E-state index contributed by atoms with van der Waals surface area (Å²) >= 11 is 0. The van der Waals surface area contributed by atoms with Gasteiger partial charge in [-0.2, -0.15) is 0 Å². The van der Waals surface area contributed by atoms with Gasteiger partial charge in [-0.15, -0.1) is 0 Å². The Bertz CT molecular complexity index is 331. The SMILES string of the molecule is CCc1ccc(C2CNCCCN2CC)cc1. The number of nitrogens with one attached hydrogen (secondary N) is 1. The first-order valence-corrected chi connectivity index (χ1v) is 6.88. The number of hydrogen-bond acceptors (Lipinski definition) is 2. The lowest BCUT2D eigenvalue weighted by molar-refractivity contribution is 0.222. The van der Waals surface area contributed by atoms with Crippen molar-refractivity contribution in [2.45, 2.75) is 32.7 Å². The summed E-state index contributed by atoms with van der Waals surface area (Å²) < 4.78 is 0. The fraction of sp³-hybridized carbons (Fsp3) is 0.600. The molecule has 1 aromatic rings. The zero-order valence-corrected chi connectivity index (χ0v) is 11.1. The van der Waals surface area contributed by atoms with E-state index in [1.807, 2.05) is 0 Å². The van der Waals surface area contributed by atoms with E-state index in [0.717, 1.165) is 26.1 Å². The molecule has 1 aliphatic heterocycles. The molecule has 1 aromatic carbocycles. The third-order valence-corrected chi connectivity index (χ3v) is 3.76. The molecule has 1 saturated heterocycles. The Morgan fingerprint density at radius 2 is 2.00 bits per heavy atom. The topological polar surface area (TPSA) is 15.3 Å². The van der Waals surface area contributed by atoms with Crippen molar-refractivity contribution >= 4 is 0 Å². The molecule has 2 nitrogen and oxygen atoms in total. The molecule has 0 spiro atoms. The average Bonchev–Trinajstić information content (AvgIpc) is 2.64. The standard InChI is InChI=1S/C15H24N2/c1-3-13-6-8-14(9-7-13)15-12-16-10-5-11-17(15)4-2/h6-9,15-16H,3-5,10-12H2,1-2H3. The van der Waals surface area contributed by atoms with Crippen LogP contribution in [0, 0.1) is 0 Å². The van der Waals surface area contributed by atoms with Crippen molar-refractivity contribution in [3.05, 3.63) is 35.4 Å². The number of likely N-dealkylation sites (N-methyl/N-ethyl adjacent to an activating group) is 1. The number of aryl methyl sites for hydroxylation is 1. The maximum atomic E-state index is 3.55. The van der Waals surface area contributed by atoms with Gasteiger partial charge in [-0.25, -0.2) is 0 Å². The summed E-state index contributed by atoms with van der Waals surface area (Å²) in [5.74, 6) is 0. The smallest absolute Gasteiger partial charge is 0.0472 e. The fourth-order valence-corrected chi connectivity index (χ4v) is 2.61. The maximum absolute atomic E-state index is 3.55. The molecule has 0 amide bonds. The van der Waals surface area contributed by atoms with Crippen LogP contribution in [-0.2, 0) is 6.42 Å². The van der Waals surface area contributed by atoms with E-state index in [0.29, 0.717) is 6.04 Å². The van der Waals surface area contributed by atoms with Crippen LogP contribution in [0.3, 0.4) is 0 Å². The Morgan fingerprint density at radius 3 is 2.65 bits per heavy atom. The lowest BCUT2D eigenvalue weighted by Crippen LogP contribution is -2.32. The van der Waals surface area contributed by atoms with E-state index in [4.69, 9.17) is 0 Å². The van der Waals surface area contributed by atoms with Crippen molar-refractivity contribution in [2.24, 2.45) is 0 Å². The highest BCUT2D eigenvalue weighted by molar-refractivity contribution is 5.25. The third kappa shape index (κ3) is 3.08. The second-order valence-corrected chi connectivity index (χ2v) is 4.80. The predicted octanol–water partition coefficient (Wildman–Crippen LogP) is 2.61. The molecule has 2 rings (SSSR count). The number of hydrogen-bond donors (Lipinski definition) is 1. The van der Waals surface area contributed by atoms with Crippen molar-refractivity contribution in [3.8, 4) is 0 Å². The van der Waals surface area contributed by atoms with Crippen LogP contribution in [0.25, 0.3) is 0 Å². The van der Waals surface area contributed by atoms with Gasteiger partial charge in [-0.1, -0.05) is 38.1 Å². The zero-order valence-electron chi connectivity index (χ0n) is 11.1. The van der Waals surface area contributed by atoms with Gasteiger partial charge in [0.05, 0.1) is 0 Å². The highest BCUT2D eigenvalue weighted by Gasteiger charge is 2.20. The van der Waals surface area contributed by atoms with Crippen LogP contribution in [-0.4, -0.2) is 31.1 Å². The van der Waals surface area contributed by atoms with E-state index in [9.17, 15) is 0 Å². The van der Waals surface area contributed by atoms with E-state index < -0.39 is 0 Å². The monoisotopic (exact) mass is 232 g/mol. The molecule has 2 heteroatoms. The van der Waals surface area contributed by atoms with Crippen molar-refractivity contribution in [1.82, 2.24) is 10.2 Å². The van der Waals surface area contributed by atoms with Gasteiger partial charge < -0.3 is 5.32 Å². The average molecular weight is 232 g/mol. The third-order valence-electron chi connectivity index (χ3n) is 3.76. The van der Waals surface area contributed by atoms with Gasteiger partial charge in [-0.3, -0.25) is 4.90 Å². The van der Waals surface area contributed by atoms with Gasteiger partial charge in [0.15, 0.2) is 0 Å². The first kappa shape index (κ1) is 12.6. The largest absolute Gasteiger partial charge is 0.315 e. The van der Waals surface area contributed by atoms with E-state index >= 15 is 0 Å². The molecule has 1 unspecified atom stereocenters. The molecule has 0 aliphatic carbocycles. The van der Waals surface area contributed by atoms with Crippen LogP contribution in [0.4, 0.5) is 0 Å². The summed E-state index contributed by atoms with van der Waals surface area (Å²) in [4.78, 5) is 2.58. The van der Waals surface area contributed by atoms with Gasteiger partial charge in [0, 0.05) is 12.6 Å². The summed E-state index contributed by atoms with van der Waals surface area (Å²) in [5.41, 5.74) is 2.89. The molecule has 0 bridgehead atoms. The summed E-state index contributed by atoms with van der Waals surface area (Å²) in [7, 11) is 0. The summed E-state index contributed by atoms with van der Waals surface area (Å²) in [6, 6.07) is 9.70. The molecule has 1 atom stereocenters. The molecule has 1 heterocycles. The van der Waals surface area contributed by atoms with Crippen LogP contribution in [0.5, 0.6) is 0 Å². The van der Waals surface area contributed by atoms with Crippen molar-refractivity contribution < 1.29 is 0 Å². The minimum absolute atomic E-state index is 0.549. The van der Waals surface area contributed by atoms with Crippen molar-refractivity contribution in [2.75, 3.05) is 26.2 Å². The van der Waals surface area contributed by atoms with Crippen molar-refractivity contribution in [1.29, 1.82) is 0 Å². The maximum Gasteiger partial charge on any atom is 0.0472 e. The summed E-state index contributed by atoms with van der Waals surface area (Å²) in [6.45, 7) is 9.06. The van der Waals surface area contributed by atoms with E-state index in [-0.39, 0.29) is 0 Å². The van der Waals surface area contributed by atoms with Crippen LogP contribution in [0.15, 0.2) is 24.3 Å². The highest BCUT2D eigenvalue weighted by Crippen LogP contribution is 2.22. The van der Waals surface area contributed by atoms with E-state index in [2.05, 4.69) is 48.3 Å². The Labute approximate surface area is 105 Å². The van der Waals surface area contributed by atoms with Gasteiger partial charge in [0.1, 0.15) is 0 Å².